The number of carbonyl (C=O) groups is 2. The minimum atomic E-state index is -3.74. The normalized spacial score (nSPS) is 17.2. The lowest BCUT2D eigenvalue weighted by Crippen LogP contribution is -2.32. The number of nitrogens with zero attached hydrogens (tertiary/aromatic N) is 1. The average Bonchev–Trinajstić information content (AvgIpc) is 3.02. The second kappa shape index (κ2) is 7.50. The van der Waals surface area contributed by atoms with Crippen LogP contribution in [0, 0.1) is 12.8 Å². The molecule has 0 saturated carbocycles. The molecule has 1 unspecified atom stereocenters. The first-order valence-electron chi connectivity index (χ1n) is 8.50. The van der Waals surface area contributed by atoms with Crippen molar-refractivity contribution in [1.82, 2.24) is 5.32 Å². The van der Waals surface area contributed by atoms with E-state index in [0.717, 1.165) is 16.8 Å². The number of hydrogen-bond donors (Lipinski definition) is 2. The number of anilines is 1. The van der Waals surface area contributed by atoms with E-state index in [-0.39, 0.29) is 29.7 Å². The Hall–Kier alpha value is -2.71. The second-order valence-electron chi connectivity index (χ2n) is 6.65. The summed E-state index contributed by atoms with van der Waals surface area (Å²) in [7, 11) is -3.74. The molecule has 2 aromatic carbocycles. The van der Waals surface area contributed by atoms with Crippen LogP contribution < -0.4 is 15.4 Å². The fourth-order valence-electron chi connectivity index (χ4n) is 2.99. The molecule has 2 amide bonds. The standard InChI is InChI=1S/C19H21N3O4S/c1-13-2-6-16(7-3-13)22-12-15(10-18(22)23)19(24)21-11-14-4-8-17(9-5-14)27(20,25)26/h2-9,15H,10-12H2,1H3,(H,21,24)(H2,20,25,26). The van der Waals surface area contributed by atoms with Gasteiger partial charge in [-0.25, -0.2) is 13.6 Å². The zero-order chi connectivity index (χ0) is 19.6. The van der Waals surface area contributed by atoms with Gasteiger partial charge in [0, 0.05) is 25.2 Å². The highest BCUT2D eigenvalue weighted by Gasteiger charge is 2.34. The Balaban J connectivity index is 1.59. The van der Waals surface area contributed by atoms with Crippen LogP contribution in [0.15, 0.2) is 53.4 Å². The number of primary sulfonamides is 1. The molecule has 7 nitrogen and oxygen atoms in total. The van der Waals surface area contributed by atoms with Crippen LogP contribution in [0.1, 0.15) is 17.5 Å². The molecule has 27 heavy (non-hydrogen) atoms. The third kappa shape index (κ3) is 4.53. The van der Waals surface area contributed by atoms with Crippen LogP contribution in [0.3, 0.4) is 0 Å². The summed E-state index contributed by atoms with van der Waals surface area (Å²) in [6.07, 6.45) is 0.171. The van der Waals surface area contributed by atoms with Gasteiger partial charge in [0.25, 0.3) is 0 Å². The molecule has 0 spiro atoms. The Morgan fingerprint density at radius 3 is 2.37 bits per heavy atom. The van der Waals surface area contributed by atoms with E-state index in [2.05, 4.69) is 5.32 Å². The van der Waals surface area contributed by atoms with Gasteiger partial charge in [-0.2, -0.15) is 0 Å². The zero-order valence-electron chi connectivity index (χ0n) is 14.9. The predicted molar refractivity (Wildman–Crippen MR) is 101 cm³/mol. The highest BCUT2D eigenvalue weighted by atomic mass is 32.2. The van der Waals surface area contributed by atoms with E-state index < -0.39 is 15.9 Å². The highest BCUT2D eigenvalue weighted by molar-refractivity contribution is 7.89. The van der Waals surface area contributed by atoms with E-state index in [0.29, 0.717) is 6.54 Å². The quantitative estimate of drug-likeness (QED) is 0.806. The summed E-state index contributed by atoms with van der Waals surface area (Å²) in [5.74, 6) is -0.688. The van der Waals surface area contributed by atoms with E-state index in [1.165, 1.54) is 12.1 Å². The number of nitrogens with one attached hydrogen (secondary N) is 1. The monoisotopic (exact) mass is 387 g/mol. The third-order valence-electron chi connectivity index (χ3n) is 4.56. The maximum atomic E-state index is 12.4. The molecule has 0 aliphatic carbocycles. The first-order valence-corrected chi connectivity index (χ1v) is 10.0. The minimum absolute atomic E-state index is 0.0210. The van der Waals surface area contributed by atoms with Crippen LogP contribution in [0.25, 0.3) is 0 Å². The van der Waals surface area contributed by atoms with Crippen LogP contribution in [0.2, 0.25) is 0 Å². The van der Waals surface area contributed by atoms with Crippen LogP contribution in [-0.4, -0.2) is 26.8 Å². The number of hydrogen-bond acceptors (Lipinski definition) is 4. The zero-order valence-corrected chi connectivity index (χ0v) is 15.7. The van der Waals surface area contributed by atoms with Crippen molar-refractivity contribution >= 4 is 27.5 Å². The van der Waals surface area contributed by atoms with Crippen molar-refractivity contribution in [2.24, 2.45) is 11.1 Å². The van der Waals surface area contributed by atoms with Crippen molar-refractivity contribution in [2.45, 2.75) is 24.8 Å². The fourth-order valence-corrected chi connectivity index (χ4v) is 3.50. The Bertz CT molecular complexity index is 953. The molecule has 1 heterocycles. The van der Waals surface area contributed by atoms with Crippen molar-refractivity contribution in [3.63, 3.8) is 0 Å². The fraction of sp³-hybridized carbons (Fsp3) is 0.263. The molecule has 1 fully saturated rings. The summed E-state index contributed by atoms with van der Waals surface area (Å²) in [4.78, 5) is 26.3. The van der Waals surface area contributed by atoms with Gasteiger partial charge in [0.05, 0.1) is 10.8 Å². The van der Waals surface area contributed by atoms with Gasteiger partial charge in [-0.3, -0.25) is 9.59 Å². The molecule has 2 aromatic rings. The lowest BCUT2D eigenvalue weighted by Gasteiger charge is -2.17. The van der Waals surface area contributed by atoms with Gasteiger partial charge in [0.15, 0.2) is 0 Å². The van der Waals surface area contributed by atoms with Crippen molar-refractivity contribution in [3.8, 4) is 0 Å². The molecule has 0 radical (unpaired) electrons. The van der Waals surface area contributed by atoms with Crippen LogP contribution >= 0.6 is 0 Å². The first kappa shape index (κ1) is 19.1. The average molecular weight is 387 g/mol. The van der Waals surface area contributed by atoms with Gasteiger partial charge in [0.2, 0.25) is 21.8 Å². The topological polar surface area (TPSA) is 110 Å². The van der Waals surface area contributed by atoms with E-state index in [9.17, 15) is 18.0 Å². The number of benzene rings is 2. The Morgan fingerprint density at radius 1 is 1.15 bits per heavy atom. The number of amides is 2. The smallest absolute Gasteiger partial charge is 0.238 e. The van der Waals surface area contributed by atoms with Crippen LogP contribution in [0.4, 0.5) is 5.69 Å². The van der Waals surface area contributed by atoms with Gasteiger partial charge >= 0.3 is 0 Å². The number of sulfonamides is 1. The lowest BCUT2D eigenvalue weighted by molar-refractivity contribution is -0.126. The largest absolute Gasteiger partial charge is 0.352 e. The maximum absolute atomic E-state index is 12.4. The van der Waals surface area contributed by atoms with Crippen LogP contribution in [-0.2, 0) is 26.2 Å². The molecule has 1 saturated heterocycles. The minimum Gasteiger partial charge on any atom is -0.352 e. The molecule has 3 rings (SSSR count). The third-order valence-corrected chi connectivity index (χ3v) is 5.49. The highest BCUT2D eigenvalue weighted by Crippen LogP contribution is 2.25. The Labute approximate surface area is 158 Å². The summed E-state index contributed by atoms with van der Waals surface area (Å²) >= 11 is 0. The molecule has 8 heteroatoms. The van der Waals surface area contributed by atoms with E-state index in [1.54, 1.807) is 17.0 Å². The number of aryl methyl sites for hydroxylation is 1. The molecule has 1 aliphatic heterocycles. The van der Waals surface area contributed by atoms with Crippen LogP contribution in [0.5, 0.6) is 0 Å². The summed E-state index contributed by atoms with van der Waals surface area (Å²) in [6.45, 7) is 2.57. The SMILES string of the molecule is Cc1ccc(N2CC(C(=O)NCc3ccc(S(N)(=O)=O)cc3)CC2=O)cc1. The number of nitrogens with two attached hydrogens (primary N) is 1. The van der Waals surface area contributed by atoms with Gasteiger partial charge in [-0.15, -0.1) is 0 Å². The molecular weight excluding hydrogens is 366 g/mol. The van der Waals surface area contributed by atoms with E-state index >= 15 is 0 Å². The summed E-state index contributed by atoms with van der Waals surface area (Å²) in [5.41, 5.74) is 2.64. The molecule has 3 N–H and O–H groups in total. The van der Waals surface area contributed by atoms with E-state index in [1.807, 2.05) is 31.2 Å². The van der Waals surface area contributed by atoms with Crippen molar-refractivity contribution in [3.05, 3.63) is 59.7 Å². The number of carbonyl (C=O) groups excluding carboxylic acids is 2. The van der Waals surface area contributed by atoms with Gasteiger partial charge in [-0.1, -0.05) is 29.8 Å². The van der Waals surface area contributed by atoms with Crippen molar-refractivity contribution < 1.29 is 18.0 Å². The molecule has 1 aliphatic rings. The Morgan fingerprint density at radius 2 is 1.78 bits per heavy atom. The van der Waals surface area contributed by atoms with Gasteiger partial charge < -0.3 is 10.2 Å². The summed E-state index contributed by atoms with van der Waals surface area (Å²) in [5, 5.41) is 7.86. The second-order valence-corrected chi connectivity index (χ2v) is 8.21. The van der Waals surface area contributed by atoms with Crippen molar-refractivity contribution in [1.29, 1.82) is 0 Å². The molecule has 0 aromatic heterocycles. The lowest BCUT2D eigenvalue weighted by atomic mass is 10.1. The van der Waals surface area contributed by atoms with E-state index in [4.69, 9.17) is 5.14 Å². The molecule has 142 valence electrons. The summed E-state index contributed by atoms with van der Waals surface area (Å²) in [6, 6.07) is 13.6. The molecule has 0 bridgehead atoms. The first-order chi connectivity index (χ1) is 12.7. The Kier molecular flexibility index (Phi) is 5.29. The maximum Gasteiger partial charge on any atom is 0.238 e. The number of rotatable bonds is 5. The predicted octanol–water partition coefficient (Wildman–Crippen LogP) is 1.31. The van der Waals surface area contributed by atoms with Crippen molar-refractivity contribution in [2.75, 3.05) is 11.4 Å². The summed E-state index contributed by atoms with van der Waals surface area (Å²) < 4.78 is 22.5. The molecule has 1 atom stereocenters. The van der Waals surface area contributed by atoms with Gasteiger partial charge in [-0.05, 0) is 36.8 Å². The molecular formula is C19H21N3O4S. The van der Waals surface area contributed by atoms with Gasteiger partial charge in [0.1, 0.15) is 0 Å².